The lowest BCUT2D eigenvalue weighted by Gasteiger charge is -2.42. The van der Waals surface area contributed by atoms with Crippen LogP contribution in [0.5, 0.6) is 0 Å². The second kappa shape index (κ2) is 5.27. The third kappa shape index (κ3) is 2.39. The Balaban J connectivity index is 2.25. The summed E-state index contributed by atoms with van der Waals surface area (Å²) in [6.45, 7) is 6.83. The van der Waals surface area contributed by atoms with Crippen molar-refractivity contribution in [3.8, 4) is 0 Å². The molecule has 2 rings (SSSR count). The third-order valence-corrected chi connectivity index (χ3v) is 5.58. The number of likely N-dealkylation sites (tertiary alicyclic amines) is 1. The lowest BCUT2D eigenvalue weighted by molar-refractivity contribution is 0.101. The van der Waals surface area contributed by atoms with Crippen LogP contribution in [-0.2, 0) is 0 Å². The second-order valence-electron chi connectivity index (χ2n) is 5.02. The molecule has 0 aliphatic carbocycles. The molecule has 0 saturated carbocycles. The zero-order chi connectivity index (χ0) is 12.5. The number of nitrogens with two attached hydrogens (primary N) is 1. The maximum absolute atomic E-state index is 6.49. The molecule has 0 aromatic carbocycles. The van der Waals surface area contributed by atoms with Crippen LogP contribution < -0.4 is 5.73 Å². The van der Waals surface area contributed by atoms with Crippen molar-refractivity contribution in [3.05, 3.63) is 21.3 Å². The van der Waals surface area contributed by atoms with Crippen molar-refractivity contribution in [2.24, 2.45) is 5.73 Å². The van der Waals surface area contributed by atoms with Gasteiger partial charge in [0.1, 0.15) is 0 Å². The van der Waals surface area contributed by atoms with Crippen LogP contribution in [-0.4, -0.2) is 23.5 Å². The quantitative estimate of drug-likeness (QED) is 0.906. The molecule has 2 nitrogen and oxygen atoms in total. The van der Waals surface area contributed by atoms with Gasteiger partial charge in [0, 0.05) is 10.4 Å². The Kier molecular flexibility index (Phi) is 4.14. The Morgan fingerprint density at radius 1 is 1.53 bits per heavy atom. The Morgan fingerprint density at radius 2 is 2.18 bits per heavy atom. The molecule has 2 unspecified atom stereocenters. The fraction of sp³-hybridized carbons (Fsp3) is 0.692. The largest absolute Gasteiger partial charge is 0.322 e. The van der Waals surface area contributed by atoms with Crippen molar-refractivity contribution in [1.82, 2.24) is 4.90 Å². The minimum Gasteiger partial charge on any atom is -0.322 e. The van der Waals surface area contributed by atoms with Gasteiger partial charge in [-0.05, 0) is 50.7 Å². The van der Waals surface area contributed by atoms with Crippen molar-refractivity contribution in [2.75, 3.05) is 13.1 Å². The summed E-state index contributed by atoms with van der Waals surface area (Å²) in [5.41, 5.74) is 6.53. The number of halogens is 1. The van der Waals surface area contributed by atoms with Gasteiger partial charge in [-0.15, -0.1) is 11.3 Å². The van der Waals surface area contributed by atoms with Crippen molar-refractivity contribution in [1.29, 1.82) is 0 Å². The molecule has 2 atom stereocenters. The number of rotatable bonds is 4. The van der Waals surface area contributed by atoms with Crippen LogP contribution in [0.25, 0.3) is 0 Å². The molecule has 1 aliphatic heterocycles. The Labute approximate surface area is 113 Å². The fourth-order valence-electron chi connectivity index (χ4n) is 2.68. The van der Waals surface area contributed by atoms with Gasteiger partial charge in [-0.2, -0.15) is 0 Å². The molecule has 2 N–H and O–H groups in total. The molecule has 1 aromatic heterocycles. The van der Waals surface area contributed by atoms with Gasteiger partial charge in [0.25, 0.3) is 0 Å². The highest BCUT2D eigenvalue weighted by molar-refractivity contribution is 7.10. The molecule has 4 heteroatoms. The molecule has 96 valence electrons. The van der Waals surface area contributed by atoms with Gasteiger partial charge >= 0.3 is 0 Å². The van der Waals surface area contributed by atoms with Gasteiger partial charge in [-0.3, -0.25) is 4.90 Å². The van der Waals surface area contributed by atoms with Crippen LogP contribution in [0.3, 0.4) is 0 Å². The van der Waals surface area contributed by atoms with Crippen LogP contribution in [0.4, 0.5) is 0 Å². The topological polar surface area (TPSA) is 29.3 Å². The molecule has 0 bridgehead atoms. The summed E-state index contributed by atoms with van der Waals surface area (Å²) in [5, 5.41) is 2.85. The number of thiophene rings is 1. The van der Waals surface area contributed by atoms with E-state index in [9.17, 15) is 0 Å². The van der Waals surface area contributed by atoms with Crippen molar-refractivity contribution >= 4 is 22.9 Å². The predicted molar refractivity (Wildman–Crippen MR) is 75.8 cm³/mol. The van der Waals surface area contributed by atoms with Crippen molar-refractivity contribution in [2.45, 2.75) is 44.7 Å². The molecule has 1 aliphatic rings. The maximum atomic E-state index is 6.49. The average Bonchev–Trinajstić information content (AvgIpc) is 2.97. The fourth-order valence-corrected chi connectivity index (χ4v) is 4.00. The Morgan fingerprint density at radius 3 is 2.65 bits per heavy atom. The van der Waals surface area contributed by atoms with Gasteiger partial charge in [0.2, 0.25) is 0 Å². The van der Waals surface area contributed by atoms with Gasteiger partial charge in [0.15, 0.2) is 0 Å². The molecule has 1 saturated heterocycles. The van der Waals surface area contributed by atoms with Crippen LogP contribution >= 0.6 is 22.9 Å². The third-order valence-electron chi connectivity index (χ3n) is 4.14. The summed E-state index contributed by atoms with van der Waals surface area (Å²) in [6.07, 6.45) is 3.64. The molecule has 1 aromatic rings. The van der Waals surface area contributed by atoms with Crippen LogP contribution in [0.1, 0.15) is 44.0 Å². The summed E-state index contributed by atoms with van der Waals surface area (Å²) in [5.74, 6) is 0. The van der Waals surface area contributed by atoms with E-state index in [-0.39, 0.29) is 11.6 Å². The van der Waals surface area contributed by atoms with E-state index in [1.807, 2.05) is 11.4 Å². The lowest BCUT2D eigenvalue weighted by Crippen LogP contribution is -2.51. The van der Waals surface area contributed by atoms with Crippen LogP contribution in [0.15, 0.2) is 11.4 Å². The van der Waals surface area contributed by atoms with Gasteiger partial charge < -0.3 is 5.73 Å². The highest BCUT2D eigenvalue weighted by atomic mass is 35.5. The first-order valence-electron chi connectivity index (χ1n) is 6.33. The summed E-state index contributed by atoms with van der Waals surface area (Å²) in [4.78, 5) is 3.66. The van der Waals surface area contributed by atoms with E-state index >= 15 is 0 Å². The van der Waals surface area contributed by atoms with E-state index < -0.39 is 0 Å². The zero-order valence-corrected chi connectivity index (χ0v) is 12.2. The minimum absolute atomic E-state index is 0.0121. The average molecular weight is 273 g/mol. The van der Waals surface area contributed by atoms with E-state index in [0.717, 1.165) is 16.3 Å². The molecule has 0 radical (unpaired) electrons. The van der Waals surface area contributed by atoms with E-state index in [1.165, 1.54) is 25.9 Å². The summed E-state index contributed by atoms with van der Waals surface area (Å²) >= 11 is 7.89. The molecule has 0 spiro atoms. The van der Waals surface area contributed by atoms with Crippen molar-refractivity contribution < 1.29 is 0 Å². The molecule has 0 amide bonds. The van der Waals surface area contributed by atoms with Crippen LogP contribution in [0.2, 0.25) is 5.02 Å². The zero-order valence-electron chi connectivity index (χ0n) is 10.6. The maximum Gasteiger partial charge on any atom is 0.0589 e. The van der Waals surface area contributed by atoms with Gasteiger partial charge in [-0.1, -0.05) is 18.5 Å². The minimum atomic E-state index is 0.0121. The Hall–Kier alpha value is -0.0900. The normalized spacial score (nSPS) is 22.6. The van der Waals surface area contributed by atoms with E-state index in [0.29, 0.717) is 0 Å². The number of nitrogens with zero attached hydrogens (tertiary/aromatic N) is 1. The first-order valence-corrected chi connectivity index (χ1v) is 7.59. The van der Waals surface area contributed by atoms with E-state index in [2.05, 4.69) is 18.7 Å². The number of hydrogen-bond acceptors (Lipinski definition) is 3. The lowest BCUT2D eigenvalue weighted by atomic mass is 9.87. The molecule has 2 heterocycles. The SMILES string of the molecule is CCC(C)(C(N)c1sccc1Cl)N1CCCC1. The van der Waals surface area contributed by atoms with E-state index in [1.54, 1.807) is 11.3 Å². The molecular weight excluding hydrogens is 252 g/mol. The molecular formula is C13H21ClN2S. The summed E-state index contributed by atoms with van der Waals surface area (Å²) < 4.78 is 0. The van der Waals surface area contributed by atoms with E-state index in [4.69, 9.17) is 17.3 Å². The summed E-state index contributed by atoms with van der Waals surface area (Å²) in [6, 6.07) is 1.96. The molecule has 1 fully saturated rings. The second-order valence-corrected chi connectivity index (χ2v) is 6.37. The smallest absolute Gasteiger partial charge is 0.0589 e. The first kappa shape index (κ1) is 13.3. The highest BCUT2D eigenvalue weighted by Crippen LogP contribution is 2.39. The monoisotopic (exact) mass is 272 g/mol. The number of hydrogen-bond donors (Lipinski definition) is 1. The standard InChI is InChI=1S/C13H21ClN2S/c1-3-13(2,16-7-4-5-8-16)12(15)11-10(14)6-9-17-11/h6,9,12H,3-5,7-8,15H2,1-2H3. The Bertz CT molecular complexity index is 373. The van der Waals surface area contributed by atoms with Gasteiger partial charge in [0.05, 0.1) is 11.1 Å². The molecule has 17 heavy (non-hydrogen) atoms. The summed E-state index contributed by atoms with van der Waals surface area (Å²) in [7, 11) is 0. The van der Waals surface area contributed by atoms with Gasteiger partial charge in [-0.25, -0.2) is 0 Å². The predicted octanol–water partition coefficient (Wildman–Crippen LogP) is 3.67. The first-order chi connectivity index (χ1) is 8.09. The van der Waals surface area contributed by atoms with Crippen LogP contribution in [0, 0.1) is 0 Å². The highest BCUT2D eigenvalue weighted by Gasteiger charge is 2.39. The van der Waals surface area contributed by atoms with Crippen molar-refractivity contribution in [3.63, 3.8) is 0 Å².